The highest BCUT2D eigenvalue weighted by Crippen LogP contribution is 2.28. The molecule has 0 saturated heterocycles. The van der Waals surface area contributed by atoms with E-state index >= 15 is 0 Å². The predicted octanol–water partition coefficient (Wildman–Crippen LogP) is 4.82. The van der Waals surface area contributed by atoms with Crippen LogP contribution in [0.3, 0.4) is 0 Å². The fourth-order valence-corrected chi connectivity index (χ4v) is 3.26. The highest BCUT2D eigenvalue weighted by atomic mass is 16.5. The van der Waals surface area contributed by atoms with Gasteiger partial charge in [0.05, 0.1) is 12.2 Å². The molecule has 0 aliphatic rings. The zero-order valence-electron chi connectivity index (χ0n) is 17.9. The maximum atomic E-state index is 12.5. The maximum absolute atomic E-state index is 12.5. The first-order valence-electron chi connectivity index (χ1n) is 9.87. The van der Waals surface area contributed by atoms with E-state index in [1.54, 1.807) is 23.0 Å². The van der Waals surface area contributed by atoms with Crippen LogP contribution in [0.4, 0.5) is 0 Å². The number of furan rings is 1. The first kappa shape index (κ1) is 20.7. The summed E-state index contributed by atoms with van der Waals surface area (Å²) in [5, 5.41) is 7.18. The van der Waals surface area contributed by atoms with E-state index in [0.717, 1.165) is 28.1 Å². The number of ether oxygens (including phenoxy) is 1. The Bertz CT molecular complexity index is 1000. The topological polar surface area (TPSA) is 69.3 Å². The molecule has 1 atom stereocenters. The third kappa shape index (κ3) is 4.70. The van der Waals surface area contributed by atoms with Crippen molar-refractivity contribution < 1.29 is 13.9 Å². The maximum Gasteiger partial charge on any atom is 0.287 e. The van der Waals surface area contributed by atoms with Gasteiger partial charge in [0.1, 0.15) is 18.1 Å². The van der Waals surface area contributed by atoms with Gasteiger partial charge >= 0.3 is 0 Å². The number of hydrogen-bond donors (Lipinski definition) is 1. The number of nitrogens with one attached hydrogen (secondary N) is 1. The van der Waals surface area contributed by atoms with E-state index in [1.165, 1.54) is 0 Å². The standard InChI is InChI=1S/C23H29N3O3/c1-14(2)19-9-7-15(3)11-22(19)28-13-18-8-10-21(29-18)23(27)25-16(4)20-12-24-26(6)17(20)5/h7-12,14,16H,13H2,1-6H3,(H,25,27). The summed E-state index contributed by atoms with van der Waals surface area (Å²) in [5.41, 5.74) is 4.30. The molecule has 2 heterocycles. The largest absolute Gasteiger partial charge is 0.485 e. The van der Waals surface area contributed by atoms with Crippen LogP contribution in [0.25, 0.3) is 0 Å². The van der Waals surface area contributed by atoms with Gasteiger partial charge in [-0.05, 0) is 56.0 Å². The molecule has 6 heteroatoms. The molecule has 1 amide bonds. The molecule has 3 aromatic rings. The summed E-state index contributed by atoms with van der Waals surface area (Å²) in [7, 11) is 1.88. The smallest absolute Gasteiger partial charge is 0.287 e. The number of benzene rings is 1. The van der Waals surface area contributed by atoms with E-state index in [1.807, 2.05) is 33.9 Å². The molecule has 0 aliphatic carbocycles. The Kier molecular flexibility index (Phi) is 6.11. The van der Waals surface area contributed by atoms with Crippen LogP contribution in [0.5, 0.6) is 5.75 Å². The van der Waals surface area contributed by atoms with Gasteiger partial charge in [0, 0.05) is 18.3 Å². The van der Waals surface area contributed by atoms with E-state index in [0.29, 0.717) is 11.7 Å². The van der Waals surface area contributed by atoms with Crippen LogP contribution in [0, 0.1) is 13.8 Å². The Morgan fingerprint density at radius 2 is 1.93 bits per heavy atom. The second-order valence-electron chi connectivity index (χ2n) is 7.75. The average Bonchev–Trinajstić information content (AvgIpc) is 3.27. The minimum atomic E-state index is -0.259. The van der Waals surface area contributed by atoms with Gasteiger partial charge in [-0.2, -0.15) is 5.10 Å². The van der Waals surface area contributed by atoms with Crippen molar-refractivity contribution in [1.82, 2.24) is 15.1 Å². The number of amides is 1. The number of aryl methyl sites for hydroxylation is 2. The third-order valence-electron chi connectivity index (χ3n) is 5.13. The predicted molar refractivity (Wildman–Crippen MR) is 112 cm³/mol. The zero-order chi connectivity index (χ0) is 21.1. The van der Waals surface area contributed by atoms with Crippen molar-refractivity contribution in [2.45, 2.75) is 53.2 Å². The van der Waals surface area contributed by atoms with E-state index < -0.39 is 0 Å². The Morgan fingerprint density at radius 1 is 1.17 bits per heavy atom. The highest BCUT2D eigenvalue weighted by molar-refractivity contribution is 5.91. The number of hydrogen-bond acceptors (Lipinski definition) is 4. The Morgan fingerprint density at radius 3 is 2.59 bits per heavy atom. The summed E-state index contributed by atoms with van der Waals surface area (Å²) in [6.45, 7) is 10.5. The second kappa shape index (κ2) is 8.55. The molecule has 0 aliphatic heterocycles. The zero-order valence-corrected chi connectivity index (χ0v) is 17.9. The van der Waals surface area contributed by atoms with Gasteiger partial charge in [0.25, 0.3) is 5.91 Å². The first-order valence-corrected chi connectivity index (χ1v) is 9.87. The van der Waals surface area contributed by atoms with Crippen LogP contribution in [0.1, 0.15) is 71.4 Å². The summed E-state index contributed by atoms with van der Waals surface area (Å²) >= 11 is 0. The normalized spacial score (nSPS) is 12.2. The molecule has 29 heavy (non-hydrogen) atoms. The van der Waals surface area contributed by atoms with Crippen molar-refractivity contribution in [3.05, 3.63) is 70.4 Å². The summed E-state index contributed by atoms with van der Waals surface area (Å²) in [5.74, 6) is 1.83. The molecule has 3 rings (SSSR count). The van der Waals surface area contributed by atoms with E-state index in [9.17, 15) is 4.79 Å². The number of aromatic nitrogens is 2. The van der Waals surface area contributed by atoms with Crippen molar-refractivity contribution in [3.63, 3.8) is 0 Å². The molecule has 0 fully saturated rings. The van der Waals surface area contributed by atoms with Gasteiger partial charge in [0.15, 0.2) is 5.76 Å². The van der Waals surface area contributed by atoms with Crippen molar-refractivity contribution in [2.75, 3.05) is 0 Å². The number of carbonyl (C=O) groups is 1. The van der Waals surface area contributed by atoms with Crippen molar-refractivity contribution in [2.24, 2.45) is 7.05 Å². The lowest BCUT2D eigenvalue weighted by atomic mass is 10.0. The lowest BCUT2D eigenvalue weighted by Gasteiger charge is -2.14. The van der Waals surface area contributed by atoms with Gasteiger partial charge in [-0.25, -0.2) is 0 Å². The summed E-state index contributed by atoms with van der Waals surface area (Å²) in [6.07, 6.45) is 1.77. The van der Waals surface area contributed by atoms with E-state index in [4.69, 9.17) is 9.15 Å². The Hall–Kier alpha value is -3.02. The van der Waals surface area contributed by atoms with Gasteiger partial charge in [-0.1, -0.05) is 26.0 Å². The molecule has 0 spiro atoms. The average molecular weight is 396 g/mol. The number of rotatable bonds is 7. The minimum Gasteiger partial charge on any atom is -0.485 e. The molecular formula is C23H29N3O3. The fourth-order valence-electron chi connectivity index (χ4n) is 3.26. The van der Waals surface area contributed by atoms with Crippen LogP contribution in [0.15, 0.2) is 40.9 Å². The second-order valence-corrected chi connectivity index (χ2v) is 7.75. The summed E-state index contributed by atoms with van der Waals surface area (Å²) in [4.78, 5) is 12.5. The third-order valence-corrected chi connectivity index (χ3v) is 5.13. The minimum absolute atomic E-state index is 0.165. The van der Waals surface area contributed by atoms with Crippen LogP contribution in [-0.2, 0) is 13.7 Å². The van der Waals surface area contributed by atoms with Crippen molar-refractivity contribution in [3.8, 4) is 5.75 Å². The Labute approximate surface area is 171 Å². The number of nitrogens with zero attached hydrogens (tertiary/aromatic N) is 2. The molecule has 0 saturated carbocycles. The van der Waals surface area contributed by atoms with Crippen LogP contribution >= 0.6 is 0 Å². The monoisotopic (exact) mass is 395 g/mol. The van der Waals surface area contributed by atoms with E-state index in [-0.39, 0.29) is 24.3 Å². The molecule has 6 nitrogen and oxygen atoms in total. The summed E-state index contributed by atoms with van der Waals surface area (Å²) < 4.78 is 13.5. The highest BCUT2D eigenvalue weighted by Gasteiger charge is 2.18. The van der Waals surface area contributed by atoms with Gasteiger partial charge in [-0.15, -0.1) is 0 Å². The molecule has 0 bridgehead atoms. The van der Waals surface area contributed by atoms with Gasteiger partial charge in [-0.3, -0.25) is 9.48 Å². The fraction of sp³-hybridized carbons (Fsp3) is 0.391. The quantitative estimate of drug-likeness (QED) is 0.622. The van der Waals surface area contributed by atoms with Crippen LogP contribution in [0.2, 0.25) is 0 Å². The van der Waals surface area contributed by atoms with Gasteiger partial charge < -0.3 is 14.5 Å². The Balaban J connectivity index is 1.64. The van der Waals surface area contributed by atoms with Crippen LogP contribution in [-0.4, -0.2) is 15.7 Å². The molecule has 0 radical (unpaired) electrons. The van der Waals surface area contributed by atoms with E-state index in [2.05, 4.69) is 36.4 Å². The SMILES string of the molecule is Cc1ccc(C(C)C)c(OCc2ccc(C(=O)NC(C)c3cnn(C)c3C)o2)c1. The molecule has 154 valence electrons. The number of carbonyl (C=O) groups excluding carboxylic acids is 1. The molecule has 1 N–H and O–H groups in total. The van der Waals surface area contributed by atoms with Gasteiger partial charge in [0.2, 0.25) is 0 Å². The lowest BCUT2D eigenvalue weighted by molar-refractivity contribution is 0.0907. The summed E-state index contributed by atoms with van der Waals surface area (Å²) in [6, 6.07) is 9.50. The van der Waals surface area contributed by atoms with Crippen molar-refractivity contribution >= 4 is 5.91 Å². The molecular weight excluding hydrogens is 366 g/mol. The van der Waals surface area contributed by atoms with Crippen molar-refractivity contribution in [1.29, 1.82) is 0 Å². The molecule has 1 unspecified atom stereocenters. The van der Waals surface area contributed by atoms with Crippen LogP contribution < -0.4 is 10.1 Å². The molecule has 2 aromatic heterocycles. The molecule has 1 aromatic carbocycles. The first-order chi connectivity index (χ1) is 13.8. The lowest BCUT2D eigenvalue weighted by Crippen LogP contribution is -2.26.